The molecule has 0 aromatic carbocycles. The highest BCUT2D eigenvalue weighted by atomic mass is 16.5. The lowest BCUT2D eigenvalue weighted by Gasteiger charge is -2.28. The van der Waals surface area contributed by atoms with E-state index in [2.05, 4.69) is 37.1 Å². The highest BCUT2D eigenvalue weighted by Crippen LogP contribution is 2.31. The molecular formula is C27H29N7O. The van der Waals surface area contributed by atoms with Gasteiger partial charge in [0.15, 0.2) is 0 Å². The minimum Gasteiger partial charge on any atom is -0.495 e. The van der Waals surface area contributed by atoms with Crippen molar-refractivity contribution in [3.8, 4) is 17.1 Å². The summed E-state index contributed by atoms with van der Waals surface area (Å²) in [4.78, 5) is 14.8. The molecule has 0 radical (unpaired) electrons. The summed E-state index contributed by atoms with van der Waals surface area (Å²) in [7, 11) is 1.63. The second-order valence-electron chi connectivity index (χ2n) is 9.19. The summed E-state index contributed by atoms with van der Waals surface area (Å²) < 4.78 is 5.36. The number of H-pyrrole nitrogens is 2. The van der Waals surface area contributed by atoms with E-state index >= 15 is 0 Å². The maximum atomic E-state index is 6.09. The van der Waals surface area contributed by atoms with Gasteiger partial charge >= 0.3 is 0 Å². The Morgan fingerprint density at radius 1 is 1.06 bits per heavy atom. The molecule has 2 aliphatic rings. The molecule has 0 spiro atoms. The summed E-state index contributed by atoms with van der Waals surface area (Å²) >= 11 is 0. The van der Waals surface area contributed by atoms with Crippen LogP contribution >= 0.6 is 0 Å². The molecule has 4 aromatic heterocycles. The van der Waals surface area contributed by atoms with Crippen LogP contribution in [0.2, 0.25) is 0 Å². The third-order valence-corrected chi connectivity index (χ3v) is 6.90. The van der Waals surface area contributed by atoms with E-state index in [1.54, 1.807) is 25.7 Å². The minimum atomic E-state index is 0.688. The summed E-state index contributed by atoms with van der Waals surface area (Å²) in [5, 5.41) is 11.3. The summed E-state index contributed by atoms with van der Waals surface area (Å²) in [6, 6.07) is 4.14. The van der Waals surface area contributed by atoms with Gasteiger partial charge in [-0.2, -0.15) is 5.10 Å². The van der Waals surface area contributed by atoms with Crippen LogP contribution in [0, 0.1) is 0 Å². The van der Waals surface area contributed by atoms with Gasteiger partial charge in [0.25, 0.3) is 0 Å². The van der Waals surface area contributed by atoms with Crippen LogP contribution in [-0.2, 0) is 0 Å². The Hall–Kier alpha value is -4.07. The molecule has 4 N–H and O–H groups in total. The van der Waals surface area contributed by atoms with Crippen molar-refractivity contribution in [3.63, 3.8) is 0 Å². The molecular weight excluding hydrogens is 438 g/mol. The standard InChI is InChI=1S/C27H29N7O/c1-35-20-9-19(13-29-14-20)18(12-28)10-22-26(17-5-6-17)32-33-27(22)23-11-21-24(31-23)15-30-16-25(21)34-7-3-2-4-8-34/h9-16,31-32H,2-8,28H2,1H3/b18-12+,22-10+. The van der Waals surface area contributed by atoms with Crippen LogP contribution in [0.15, 0.2) is 43.1 Å². The number of aromatic amines is 2. The van der Waals surface area contributed by atoms with E-state index in [1.165, 1.54) is 35.9 Å². The van der Waals surface area contributed by atoms with Gasteiger partial charge in [0, 0.05) is 41.7 Å². The number of anilines is 1. The third-order valence-electron chi connectivity index (χ3n) is 6.90. The molecule has 1 aliphatic heterocycles. The van der Waals surface area contributed by atoms with Crippen LogP contribution in [0.3, 0.4) is 0 Å². The Kier molecular flexibility index (Phi) is 5.48. The van der Waals surface area contributed by atoms with Crippen molar-refractivity contribution in [2.45, 2.75) is 32.1 Å². The first-order valence-electron chi connectivity index (χ1n) is 12.2. The van der Waals surface area contributed by atoms with Gasteiger partial charge in [-0.1, -0.05) is 0 Å². The van der Waals surface area contributed by atoms with Crippen molar-refractivity contribution in [1.82, 2.24) is 25.1 Å². The molecule has 4 aromatic rings. The number of fused-ring (bicyclic) bond motifs is 1. The first-order chi connectivity index (χ1) is 17.2. The number of nitrogens with one attached hydrogen (secondary N) is 2. The van der Waals surface area contributed by atoms with E-state index in [4.69, 9.17) is 15.6 Å². The topological polar surface area (TPSA) is 109 Å². The van der Waals surface area contributed by atoms with Gasteiger partial charge in [-0.15, -0.1) is 0 Å². The lowest BCUT2D eigenvalue weighted by molar-refractivity contribution is 0.413. The number of pyridine rings is 2. The van der Waals surface area contributed by atoms with Gasteiger partial charge in [-0.25, -0.2) is 0 Å². The molecule has 1 saturated carbocycles. The van der Waals surface area contributed by atoms with E-state index < -0.39 is 0 Å². The number of nitrogens with two attached hydrogens (primary N) is 1. The number of aromatic nitrogens is 5. The van der Waals surface area contributed by atoms with E-state index in [0.717, 1.165) is 64.5 Å². The summed E-state index contributed by atoms with van der Waals surface area (Å²) in [5.74, 6) is 0.688. The maximum Gasteiger partial charge on any atom is 0.137 e. The number of ether oxygens (including phenoxy) is 1. The average Bonchev–Trinajstić information content (AvgIpc) is 3.52. The van der Waals surface area contributed by atoms with Crippen LogP contribution in [0.5, 0.6) is 5.75 Å². The highest BCUT2D eigenvalue weighted by Gasteiger charge is 2.20. The predicted molar refractivity (Wildman–Crippen MR) is 139 cm³/mol. The zero-order chi connectivity index (χ0) is 23.8. The van der Waals surface area contributed by atoms with Gasteiger partial charge < -0.3 is 20.4 Å². The van der Waals surface area contributed by atoms with Crippen LogP contribution < -0.4 is 25.9 Å². The fourth-order valence-electron chi connectivity index (χ4n) is 4.90. The molecule has 0 amide bonds. The van der Waals surface area contributed by atoms with Gasteiger partial charge in [0.2, 0.25) is 0 Å². The van der Waals surface area contributed by atoms with Crippen LogP contribution in [0.25, 0.3) is 39.5 Å². The maximum absolute atomic E-state index is 6.09. The molecule has 2 fully saturated rings. The van der Waals surface area contributed by atoms with Crippen LogP contribution in [0.1, 0.15) is 37.7 Å². The average molecular weight is 468 g/mol. The Bertz CT molecular complexity index is 1530. The summed E-state index contributed by atoms with van der Waals surface area (Å²) in [6.45, 7) is 2.15. The van der Waals surface area contributed by atoms with E-state index in [1.807, 2.05) is 18.5 Å². The first-order valence-corrected chi connectivity index (χ1v) is 12.2. The van der Waals surface area contributed by atoms with Crippen LogP contribution in [0.4, 0.5) is 5.69 Å². The summed E-state index contributed by atoms with van der Waals surface area (Å²) in [6.07, 6.45) is 17.0. The zero-order valence-electron chi connectivity index (χ0n) is 19.8. The smallest absolute Gasteiger partial charge is 0.137 e. The van der Waals surface area contributed by atoms with Crippen molar-refractivity contribution in [2.24, 2.45) is 5.73 Å². The molecule has 35 heavy (non-hydrogen) atoms. The molecule has 6 rings (SSSR count). The van der Waals surface area contributed by atoms with E-state index in [-0.39, 0.29) is 0 Å². The second-order valence-corrected chi connectivity index (χ2v) is 9.19. The molecule has 0 bridgehead atoms. The number of methoxy groups -OCH3 is 1. The Morgan fingerprint density at radius 2 is 1.89 bits per heavy atom. The molecule has 8 nitrogen and oxygen atoms in total. The Labute approximate surface area is 203 Å². The van der Waals surface area contributed by atoms with E-state index in [9.17, 15) is 0 Å². The molecule has 1 saturated heterocycles. The predicted octanol–water partition coefficient (Wildman–Crippen LogP) is 3.07. The minimum absolute atomic E-state index is 0.688. The largest absolute Gasteiger partial charge is 0.495 e. The van der Waals surface area contributed by atoms with E-state index in [0.29, 0.717) is 5.75 Å². The Balaban J connectivity index is 1.49. The van der Waals surface area contributed by atoms with Crippen molar-refractivity contribution in [1.29, 1.82) is 0 Å². The number of allylic oxidation sites excluding steroid dienone is 1. The molecule has 8 heteroatoms. The number of rotatable bonds is 5. The number of nitrogens with zero attached hydrogens (tertiary/aromatic N) is 4. The van der Waals surface area contributed by atoms with Gasteiger partial charge in [0.05, 0.1) is 47.9 Å². The monoisotopic (exact) mass is 467 g/mol. The molecule has 1 aliphatic carbocycles. The number of hydrogen-bond donors (Lipinski definition) is 3. The van der Waals surface area contributed by atoms with Gasteiger partial charge in [0.1, 0.15) is 11.4 Å². The first kappa shape index (κ1) is 21.5. The van der Waals surface area contributed by atoms with Gasteiger partial charge in [-0.3, -0.25) is 15.1 Å². The second kappa shape index (κ2) is 8.94. The summed E-state index contributed by atoms with van der Waals surface area (Å²) in [5.41, 5.74) is 13.2. The fraction of sp³-hybridized carbons (Fsp3) is 0.296. The molecule has 0 unspecified atom stereocenters. The highest BCUT2D eigenvalue weighted by molar-refractivity contribution is 5.96. The normalized spacial score (nSPS) is 16.8. The zero-order valence-corrected chi connectivity index (χ0v) is 19.8. The van der Waals surface area contributed by atoms with Crippen molar-refractivity contribution < 1.29 is 4.74 Å². The Morgan fingerprint density at radius 3 is 2.66 bits per heavy atom. The molecule has 0 atom stereocenters. The SMILES string of the molecule is COc1cncc(C(/C=c2/c(-c3cc4c(N5CCCCC5)cncc4[nH]3)n[nH]c2=C2CC2)=C/N)c1. The lowest BCUT2D eigenvalue weighted by Crippen LogP contribution is -2.29. The van der Waals surface area contributed by atoms with Crippen molar-refractivity contribution in [2.75, 3.05) is 25.1 Å². The molecule has 5 heterocycles. The third kappa shape index (κ3) is 4.05. The number of hydrogen-bond acceptors (Lipinski definition) is 6. The fourth-order valence-corrected chi connectivity index (χ4v) is 4.90. The number of piperidine rings is 1. The van der Waals surface area contributed by atoms with Crippen molar-refractivity contribution >= 4 is 33.8 Å². The molecule has 178 valence electrons. The van der Waals surface area contributed by atoms with Crippen molar-refractivity contribution in [3.05, 3.63) is 59.3 Å². The lowest BCUT2D eigenvalue weighted by atomic mass is 10.1. The quantitative estimate of drug-likeness (QED) is 0.416. The van der Waals surface area contributed by atoms with Gasteiger partial charge in [-0.05, 0) is 61.5 Å². The van der Waals surface area contributed by atoms with Crippen LogP contribution in [-0.4, -0.2) is 45.3 Å².